The first-order valence-corrected chi connectivity index (χ1v) is 25.7. The van der Waals surface area contributed by atoms with E-state index in [4.69, 9.17) is 36.1 Å². The van der Waals surface area contributed by atoms with Crippen molar-refractivity contribution in [2.75, 3.05) is 91.3 Å². The minimum Gasteiger partial charge on any atom is -0.377 e. The molecule has 0 aliphatic heterocycles. The van der Waals surface area contributed by atoms with E-state index in [0.29, 0.717) is 70.9 Å². The van der Waals surface area contributed by atoms with Crippen molar-refractivity contribution in [3.8, 4) is 0 Å². The van der Waals surface area contributed by atoms with Crippen LogP contribution < -0.4 is 43.8 Å². The van der Waals surface area contributed by atoms with E-state index in [0.717, 1.165) is 24.6 Å². The summed E-state index contributed by atoms with van der Waals surface area (Å²) in [5.74, 6) is -2.08. The third-order valence-corrected chi connectivity index (χ3v) is 10.7. The molecule has 11 N–H and O–H groups in total. The Morgan fingerprint density at radius 1 is 0.528 bits per heavy atom. The quantitative estimate of drug-likeness (QED) is 0.0385. The highest BCUT2D eigenvalue weighted by molar-refractivity contribution is 8.14. The number of hydrogen-bond acceptors (Lipinski definition) is 18. The molecule has 3 atom stereocenters. The molecular weight excluding hydrogens is 961 g/mol. The van der Waals surface area contributed by atoms with E-state index in [-0.39, 0.29) is 167 Å². The molecule has 0 aliphatic rings. The van der Waals surface area contributed by atoms with Crippen LogP contribution in [-0.2, 0) is 71.7 Å². The number of amides is 6. The summed E-state index contributed by atoms with van der Waals surface area (Å²) < 4.78 is 21.2. The van der Waals surface area contributed by atoms with Gasteiger partial charge < -0.3 is 62.2 Å². The molecule has 6 amide bonds. The van der Waals surface area contributed by atoms with Crippen LogP contribution in [0.5, 0.6) is 0 Å². The third kappa shape index (κ3) is 53.1. The Hall–Kier alpha value is -4.72. The smallest absolute Gasteiger partial charge is 0.246 e. The normalized spacial score (nSPS) is 11.8. The van der Waals surface area contributed by atoms with Crippen molar-refractivity contribution >= 4 is 75.5 Å². The van der Waals surface area contributed by atoms with Crippen LogP contribution in [0.1, 0.15) is 131 Å². The highest BCUT2D eigenvalue weighted by Crippen LogP contribution is 2.16. The van der Waals surface area contributed by atoms with Crippen molar-refractivity contribution < 1.29 is 71.7 Å². The zero-order valence-corrected chi connectivity index (χ0v) is 44.6. The number of carbonyl (C=O) groups is 11. The lowest BCUT2D eigenvalue weighted by molar-refractivity contribution is -0.127. The van der Waals surface area contributed by atoms with Gasteiger partial charge in [0.15, 0.2) is 5.12 Å². The molecule has 24 heteroatoms. The average molecular weight is 1050 g/mol. The van der Waals surface area contributed by atoms with Gasteiger partial charge in [-0.1, -0.05) is 44.9 Å². The fourth-order valence-electron chi connectivity index (χ4n) is 5.60. The summed E-state index contributed by atoms with van der Waals surface area (Å²) in [5, 5.41) is 13.5. The minimum absolute atomic E-state index is 0.0164. The van der Waals surface area contributed by atoms with Gasteiger partial charge in [0.25, 0.3) is 0 Å². The predicted molar refractivity (Wildman–Crippen MR) is 273 cm³/mol. The molecule has 416 valence electrons. The fourth-order valence-corrected chi connectivity index (χ4v) is 6.03. The topological polar surface area (TPSA) is 363 Å². The number of unbranched alkanes of at least 4 members (excludes halogenated alkanes) is 3. The monoisotopic (exact) mass is 1050 g/mol. The molecule has 0 radical (unpaired) electrons. The Kier molecular flexibility index (Phi) is 49.5. The summed E-state index contributed by atoms with van der Waals surface area (Å²) in [6, 6.07) is -1.03. The van der Waals surface area contributed by atoms with Gasteiger partial charge in [-0.25, -0.2) is 0 Å². The SMILES string of the molecule is CC(=O)SCC(=O)NCCCC[C@H](CC(=O)CCCC(=O)NCCOCCOCC(=O)NCCOCCOCC(=O)NCCCC[C@H](N)C(N)=O)C(C)=O.CCC(C)=O.CCCC[C@H](NCC(C)=O)C(N)=O. The second-order valence-corrected chi connectivity index (χ2v) is 17.8. The molecule has 0 unspecified atom stereocenters. The molecule has 0 aromatic rings. The Labute approximate surface area is 430 Å². The van der Waals surface area contributed by atoms with E-state index in [1.54, 1.807) is 6.92 Å². The molecule has 23 nitrogen and oxygen atoms in total. The first kappa shape index (κ1) is 71.5. The van der Waals surface area contributed by atoms with Gasteiger partial charge >= 0.3 is 0 Å². The zero-order chi connectivity index (χ0) is 55.0. The van der Waals surface area contributed by atoms with Crippen LogP contribution in [0, 0.1) is 5.92 Å². The molecule has 0 rings (SSSR count). The number of ketones is 4. The molecule has 0 fully saturated rings. The maximum absolute atomic E-state index is 12.4. The van der Waals surface area contributed by atoms with E-state index in [1.165, 1.54) is 20.8 Å². The third-order valence-electron chi connectivity index (χ3n) is 9.88. The van der Waals surface area contributed by atoms with Crippen molar-refractivity contribution in [2.45, 2.75) is 144 Å². The maximum atomic E-state index is 12.4. The molecule has 0 heterocycles. The first-order valence-electron chi connectivity index (χ1n) is 24.8. The Balaban J connectivity index is -0.00000221. The highest BCUT2D eigenvalue weighted by atomic mass is 32.2. The summed E-state index contributed by atoms with van der Waals surface area (Å²) in [7, 11) is 0. The van der Waals surface area contributed by atoms with Crippen LogP contribution in [0.2, 0.25) is 0 Å². The van der Waals surface area contributed by atoms with Crippen molar-refractivity contribution in [1.29, 1.82) is 0 Å². The summed E-state index contributed by atoms with van der Waals surface area (Å²) in [6.45, 7) is 12.6. The molecule has 0 spiro atoms. The van der Waals surface area contributed by atoms with Gasteiger partial charge in [-0.3, -0.25) is 53.3 Å². The lowest BCUT2D eigenvalue weighted by atomic mass is 9.91. The number of ether oxygens (including phenoxy) is 4. The second kappa shape index (κ2) is 49.8. The molecule has 0 saturated heterocycles. The lowest BCUT2D eigenvalue weighted by Crippen LogP contribution is -2.43. The minimum atomic E-state index is -0.671. The van der Waals surface area contributed by atoms with Crippen molar-refractivity contribution in [1.82, 2.24) is 26.6 Å². The molecular formula is C48H88N8O15S. The van der Waals surface area contributed by atoms with E-state index >= 15 is 0 Å². The van der Waals surface area contributed by atoms with Crippen LogP contribution in [0.3, 0.4) is 0 Å². The van der Waals surface area contributed by atoms with Crippen molar-refractivity contribution in [3.05, 3.63) is 0 Å². The predicted octanol–water partition coefficient (Wildman–Crippen LogP) is 0.480. The van der Waals surface area contributed by atoms with Crippen LogP contribution >= 0.6 is 11.8 Å². The number of primary amides is 2. The van der Waals surface area contributed by atoms with E-state index in [2.05, 4.69) is 26.6 Å². The summed E-state index contributed by atoms with van der Waals surface area (Å²) >= 11 is 0.947. The van der Waals surface area contributed by atoms with E-state index < -0.39 is 11.9 Å². The average Bonchev–Trinajstić information content (AvgIpc) is 3.31. The van der Waals surface area contributed by atoms with Gasteiger partial charge in [-0.2, -0.15) is 0 Å². The summed E-state index contributed by atoms with van der Waals surface area (Å²) in [6.07, 6.45) is 7.90. The number of Topliss-reactive ketones (excluding diaryl/α,β-unsaturated/α-hetero) is 4. The summed E-state index contributed by atoms with van der Waals surface area (Å²) in [5.41, 5.74) is 15.8. The number of hydrogen-bond donors (Lipinski definition) is 8. The molecule has 0 aliphatic carbocycles. The molecule has 0 aromatic carbocycles. The maximum Gasteiger partial charge on any atom is 0.246 e. The first-order chi connectivity index (χ1) is 34.2. The molecule has 0 aromatic heterocycles. The van der Waals surface area contributed by atoms with Crippen LogP contribution in [0.15, 0.2) is 0 Å². The van der Waals surface area contributed by atoms with Crippen molar-refractivity contribution in [3.63, 3.8) is 0 Å². The van der Waals surface area contributed by atoms with Gasteiger partial charge in [0.1, 0.15) is 36.3 Å². The summed E-state index contributed by atoms with van der Waals surface area (Å²) in [4.78, 5) is 125. The number of thioether (sulfide) groups is 1. The van der Waals surface area contributed by atoms with Crippen LogP contribution in [0.4, 0.5) is 0 Å². The molecule has 72 heavy (non-hydrogen) atoms. The van der Waals surface area contributed by atoms with Crippen LogP contribution in [-0.4, -0.2) is 167 Å². The van der Waals surface area contributed by atoms with E-state index in [1.807, 2.05) is 13.8 Å². The van der Waals surface area contributed by atoms with Gasteiger partial charge in [-0.15, -0.1) is 0 Å². The Bertz CT molecular complexity index is 1590. The van der Waals surface area contributed by atoms with E-state index in [9.17, 15) is 52.7 Å². The van der Waals surface area contributed by atoms with Gasteiger partial charge in [0, 0.05) is 64.7 Å². The number of nitrogens with one attached hydrogen (secondary N) is 5. The molecule has 0 saturated carbocycles. The number of nitrogens with two attached hydrogens (primary N) is 3. The molecule has 0 bridgehead atoms. The largest absolute Gasteiger partial charge is 0.377 e. The van der Waals surface area contributed by atoms with Gasteiger partial charge in [-0.05, 0) is 65.7 Å². The number of rotatable bonds is 44. The fraction of sp³-hybridized carbons (Fsp3) is 0.771. The standard InChI is InChI=1S/C35H62N6O12S.C9H18N2O2.C4H8O/c1-26(42)28(8-3-5-13-39-34(48)25-54-27(2)43)22-29(44)9-7-11-31(45)40-14-16-50-18-21-53-24-33(47)41-15-17-51-19-20-52-23-32(46)38-12-6-4-10-30(36)35(37)49;1-3-4-5-8(9(10)13)11-6-7(2)12;1-3-4(2)5/h28,30H,3-25,36H2,1-2H3,(H2,37,49)(H,38,46)(H,39,48)(H,40,45)(H,41,47);8,11H,3-6H2,1-2H3,(H2,10,13);3H2,1-2H3/t28-,30+;8-;/m10./s1. The second-order valence-electron chi connectivity index (χ2n) is 16.7. The zero-order valence-electron chi connectivity index (χ0n) is 43.8. The number of carbonyl (C=O) groups excluding carboxylic acids is 11. The lowest BCUT2D eigenvalue weighted by Gasteiger charge is -2.13. The Morgan fingerprint density at radius 3 is 1.50 bits per heavy atom. The van der Waals surface area contributed by atoms with Crippen LogP contribution in [0.25, 0.3) is 0 Å². The Morgan fingerprint density at radius 2 is 1.03 bits per heavy atom. The van der Waals surface area contributed by atoms with Crippen molar-refractivity contribution in [2.24, 2.45) is 23.1 Å². The highest BCUT2D eigenvalue weighted by Gasteiger charge is 2.19. The van der Waals surface area contributed by atoms with Gasteiger partial charge in [0.05, 0.1) is 64.0 Å². The van der Waals surface area contributed by atoms with Gasteiger partial charge in [0.2, 0.25) is 35.4 Å².